The van der Waals surface area contributed by atoms with Gasteiger partial charge >= 0.3 is 0 Å². The minimum absolute atomic E-state index is 0.0799. The number of carbonyl (C=O) groups excluding carboxylic acids is 1. The molecule has 3 aromatic rings. The molecule has 1 N–H and O–H groups in total. The molecule has 0 bridgehead atoms. The van der Waals surface area contributed by atoms with Crippen molar-refractivity contribution in [3.8, 4) is 0 Å². The highest BCUT2D eigenvalue weighted by Crippen LogP contribution is 2.28. The zero-order chi connectivity index (χ0) is 21.5. The second-order valence-electron chi connectivity index (χ2n) is 7.57. The van der Waals surface area contributed by atoms with Crippen molar-refractivity contribution in [3.05, 3.63) is 71.8 Å². The maximum Gasteiger partial charge on any atom is 0.237 e. The van der Waals surface area contributed by atoms with Crippen molar-refractivity contribution in [3.63, 3.8) is 0 Å². The zero-order valence-electron chi connectivity index (χ0n) is 17.2. The number of nitrogens with one attached hydrogen (secondary N) is 1. The summed E-state index contributed by atoms with van der Waals surface area (Å²) in [4.78, 5) is 19.5. The number of H-pyrrole nitrogens is 1. The van der Waals surface area contributed by atoms with Crippen LogP contribution in [0.2, 0.25) is 0 Å². The molecule has 31 heavy (non-hydrogen) atoms. The lowest BCUT2D eigenvalue weighted by atomic mass is 9.93. The van der Waals surface area contributed by atoms with Crippen LogP contribution in [0.1, 0.15) is 43.5 Å². The molecule has 0 aliphatic heterocycles. The van der Waals surface area contributed by atoms with Crippen molar-refractivity contribution in [2.75, 3.05) is 10.7 Å². The maximum absolute atomic E-state index is 13.2. The van der Waals surface area contributed by atoms with Crippen LogP contribution in [-0.2, 0) is 4.79 Å². The number of aromatic nitrogens is 3. The van der Waals surface area contributed by atoms with Crippen LogP contribution >= 0.6 is 11.8 Å². The summed E-state index contributed by atoms with van der Waals surface area (Å²) in [5, 5.41) is 7.60. The first-order valence-corrected chi connectivity index (χ1v) is 11.5. The van der Waals surface area contributed by atoms with Crippen LogP contribution in [0.25, 0.3) is 12.2 Å². The quantitative estimate of drug-likeness (QED) is 0.492. The highest BCUT2D eigenvalue weighted by Gasteiger charge is 2.27. The summed E-state index contributed by atoms with van der Waals surface area (Å²) in [5.41, 5.74) is 1.83. The van der Waals surface area contributed by atoms with Gasteiger partial charge in [0.15, 0.2) is 0 Å². The molecule has 2 aromatic carbocycles. The summed E-state index contributed by atoms with van der Waals surface area (Å²) in [5.74, 6) is 0.686. The van der Waals surface area contributed by atoms with Gasteiger partial charge in [0.25, 0.3) is 0 Å². The largest absolute Gasteiger partial charge is 0.309 e. The Morgan fingerprint density at radius 1 is 1.06 bits per heavy atom. The molecule has 1 heterocycles. The number of halogens is 1. The Hall–Kier alpha value is -2.93. The number of amides is 1. The van der Waals surface area contributed by atoms with Gasteiger partial charge in [-0.2, -0.15) is 0 Å². The number of benzene rings is 2. The SMILES string of the molecule is O=C(CSc1n[nH]c(C=Cc2ccc(F)cc2)n1)N(c1ccccc1)C1CCCCC1. The Morgan fingerprint density at radius 3 is 2.55 bits per heavy atom. The zero-order valence-corrected chi connectivity index (χ0v) is 18.0. The van der Waals surface area contributed by atoms with E-state index in [0.29, 0.717) is 11.0 Å². The van der Waals surface area contributed by atoms with E-state index in [1.807, 2.05) is 41.3 Å². The first-order chi connectivity index (χ1) is 15.2. The highest BCUT2D eigenvalue weighted by atomic mass is 32.2. The summed E-state index contributed by atoms with van der Waals surface area (Å²) >= 11 is 1.33. The predicted octanol–water partition coefficient (Wildman–Crippen LogP) is 5.57. The van der Waals surface area contributed by atoms with Gasteiger partial charge in [-0.1, -0.05) is 67.4 Å². The van der Waals surface area contributed by atoms with Crippen LogP contribution in [0, 0.1) is 5.82 Å². The number of nitrogens with zero attached hydrogens (tertiary/aromatic N) is 3. The second-order valence-corrected chi connectivity index (χ2v) is 8.51. The predicted molar refractivity (Wildman–Crippen MR) is 123 cm³/mol. The minimum Gasteiger partial charge on any atom is -0.309 e. The van der Waals surface area contributed by atoms with Crippen molar-refractivity contribution < 1.29 is 9.18 Å². The van der Waals surface area contributed by atoms with Crippen molar-refractivity contribution in [1.29, 1.82) is 0 Å². The molecular weight excluding hydrogens is 411 g/mol. The molecule has 1 amide bonds. The number of hydrogen-bond donors (Lipinski definition) is 1. The first-order valence-electron chi connectivity index (χ1n) is 10.5. The van der Waals surface area contributed by atoms with Crippen LogP contribution in [0.15, 0.2) is 59.8 Å². The number of thioether (sulfide) groups is 1. The molecule has 0 unspecified atom stereocenters. The number of carbonyl (C=O) groups is 1. The molecule has 1 aliphatic carbocycles. The summed E-state index contributed by atoms with van der Waals surface area (Å²) in [6.07, 6.45) is 9.28. The first kappa shape index (κ1) is 21.3. The van der Waals surface area contributed by atoms with E-state index in [4.69, 9.17) is 0 Å². The number of aromatic amines is 1. The lowest BCUT2D eigenvalue weighted by Crippen LogP contribution is -2.42. The average molecular weight is 437 g/mol. The highest BCUT2D eigenvalue weighted by molar-refractivity contribution is 7.99. The van der Waals surface area contributed by atoms with E-state index >= 15 is 0 Å². The van der Waals surface area contributed by atoms with Crippen LogP contribution in [0.3, 0.4) is 0 Å². The topological polar surface area (TPSA) is 61.9 Å². The van der Waals surface area contributed by atoms with Gasteiger partial charge in [-0.05, 0) is 48.7 Å². The second kappa shape index (κ2) is 10.4. The van der Waals surface area contributed by atoms with Crippen LogP contribution in [0.5, 0.6) is 0 Å². The van der Waals surface area contributed by atoms with Gasteiger partial charge < -0.3 is 4.90 Å². The number of para-hydroxylation sites is 1. The van der Waals surface area contributed by atoms with Crippen molar-refractivity contribution in [2.45, 2.75) is 43.3 Å². The van der Waals surface area contributed by atoms with Gasteiger partial charge in [-0.3, -0.25) is 9.89 Å². The standard InChI is InChI=1S/C24H25FN4OS/c25-19-14-11-18(12-15-19)13-16-22-26-24(28-27-22)31-17-23(30)29(20-7-3-1-4-8-20)21-9-5-2-6-10-21/h1,3-4,7-8,11-16,21H,2,5-6,9-10,17H2,(H,26,27,28). The van der Waals surface area contributed by atoms with E-state index in [-0.39, 0.29) is 23.5 Å². The van der Waals surface area contributed by atoms with Crippen molar-refractivity contribution in [1.82, 2.24) is 15.2 Å². The smallest absolute Gasteiger partial charge is 0.237 e. The lowest BCUT2D eigenvalue weighted by Gasteiger charge is -2.34. The molecule has 160 valence electrons. The van der Waals surface area contributed by atoms with E-state index < -0.39 is 0 Å². The fourth-order valence-electron chi connectivity index (χ4n) is 3.83. The van der Waals surface area contributed by atoms with E-state index in [0.717, 1.165) is 24.1 Å². The molecule has 0 spiro atoms. The van der Waals surface area contributed by atoms with Gasteiger partial charge in [0.1, 0.15) is 11.6 Å². The molecule has 7 heteroatoms. The van der Waals surface area contributed by atoms with Crippen LogP contribution in [0.4, 0.5) is 10.1 Å². The molecule has 4 rings (SSSR count). The summed E-state index contributed by atoms with van der Waals surface area (Å²) in [6.45, 7) is 0. The fraction of sp³-hybridized carbons (Fsp3) is 0.292. The monoisotopic (exact) mass is 436 g/mol. The van der Waals surface area contributed by atoms with Gasteiger partial charge in [-0.25, -0.2) is 9.37 Å². The van der Waals surface area contributed by atoms with Gasteiger partial charge in [-0.15, -0.1) is 5.10 Å². The number of rotatable bonds is 7. The molecule has 5 nitrogen and oxygen atoms in total. The van der Waals surface area contributed by atoms with Gasteiger partial charge in [0.2, 0.25) is 11.1 Å². The molecule has 0 saturated heterocycles. The summed E-state index contributed by atoms with van der Waals surface area (Å²) in [7, 11) is 0. The summed E-state index contributed by atoms with van der Waals surface area (Å²) < 4.78 is 13.0. The van der Waals surface area contributed by atoms with E-state index in [2.05, 4.69) is 15.2 Å². The Labute approximate surface area is 185 Å². The number of anilines is 1. The molecule has 0 radical (unpaired) electrons. The van der Waals surface area contributed by atoms with Crippen LogP contribution in [-0.4, -0.2) is 32.9 Å². The molecule has 1 fully saturated rings. The molecule has 1 aromatic heterocycles. The van der Waals surface area contributed by atoms with Gasteiger partial charge in [0, 0.05) is 11.7 Å². The third kappa shape index (κ3) is 5.82. The molecule has 0 atom stereocenters. The third-order valence-electron chi connectivity index (χ3n) is 5.35. The Morgan fingerprint density at radius 2 is 1.81 bits per heavy atom. The lowest BCUT2D eigenvalue weighted by molar-refractivity contribution is -0.116. The third-order valence-corrected chi connectivity index (χ3v) is 6.19. The van der Waals surface area contributed by atoms with Crippen molar-refractivity contribution >= 4 is 35.5 Å². The number of hydrogen-bond acceptors (Lipinski definition) is 4. The van der Waals surface area contributed by atoms with Crippen LogP contribution < -0.4 is 4.90 Å². The van der Waals surface area contributed by atoms with E-state index in [1.165, 1.54) is 43.2 Å². The minimum atomic E-state index is -0.266. The average Bonchev–Trinajstić information content (AvgIpc) is 3.27. The normalized spacial score (nSPS) is 14.7. The van der Waals surface area contributed by atoms with Crippen molar-refractivity contribution in [2.24, 2.45) is 0 Å². The Bertz CT molecular complexity index is 1010. The maximum atomic E-state index is 13.2. The Kier molecular flexibility index (Phi) is 7.14. The fourth-order valence-corrected chi connectivity index (χ4v) is 4.49. The summed E-state index contributed by atoms with van der Waals surface area (Å²) in [6, 6.07) is 16.4. The van der Waals surface area contributed by atoms with E-state index in [9.17, 15) is 9.18 Å². The Balaban J connectivity index is 1.39. The molecule has 1 saturated carbocycles. The molecule has 1 aliphatic rings. The molecular formula is C24H25FN4OS. The van der Waals surface area contributed by atoms with E-state index in [1.54, 1.807) is 18.2 Å². The van der Waals surface area contributed by atoms with Gasteiger partial charge in [0.05, 0.1) is 5.75 Å².